The first-order valence-corrected chi connectivity index (χ1v) is 14.8. The minimum absolute atomic E-state index is 0.0562. The van der Waals surface area contributed by atoms with Crippen LogP contribution in [0.4, 0.5) is 0 Å². The molecule has 0 spiro atoms. The summed E-state index contributed by atoms with van der Waals surface area (Å²) in [5.41, 5.74) is 0.639. The molecule has 0 saturated heterocycles. The van der Waals surface area contributed by atoms with Crippen molar-refractivity contribution >= 4 is 18.2 Å². The zero-order valence-corrected chi connectivity index (χ0v) is 19.8. The SMILES string of the molecule is CC(C)(C)[Si](C)(C)O[C@@H]1C[C@H]1CCCCS(=O)(=O)c1nnnn1-c1ccccc1. The van der Waals surface area contributed by atoms with Gasteiger partial charge in [-0.3, -0.25) is 0 Å². The monoisotopic (exact) mass is 436 g/mol. The largest absolute Gasteiger partial charge is 0.414 e. The lowest BCUT2D eigenvalue weighted by atomic mass is 10.2. The predicted octanol–water partition coefficient (Wildman–Crippen LogP) is 4.02. The minimum Gasteiger partial charge on any atom is -0.414 e. The fraction of sp³-hybridized carbons (Fsp3) is 0.650. The maximum atomic E-state index is 12.7. The molecule has 9 heteroatoms. The smallest absolute Gasteiger partial charge is 0.272 e. The summed E-state index contributed by atoms with van der Waals surface area (Å²) in [6.45, 7) is 11.3. The van der Waals surface area contributed by atoms with Gasteiger partial charge in [0.05, 0.1) is 11.4 Å². The van der Waals surface area contributed by atoms with E-state index < -0.39 is 18.2 Å². The fourth-order valence-corrected chi connectivity index (χ4v) is 5.85. The second-order valence-corrected chi connectivity index (χ2v) is 16.2. The Morgan fingerprint density at radius 1 is 1.17 bits per heavy atom. The molecule has 0 N–H and O–H groups in total. The van der Waals surface area contributed by atoms with E-state index >= 15 is 0 Å². The minimum atomic E-state index is -3.53. The van der Waals surface area contributed by atoms with Crippen molar-refractivity contribution in [2.24, 2.45) is 5.92 Å². The quantitative estimate of drug-likeness (QED) is 0.436. The van der Waals surface area contributed by atoms with Gasteiger partial charge in [-0.1, -0.05) is 50.5 Å². The van der Waals surface area contributed by atoms with Gasteiger partial charge in [0, 0.05) is 6.10 Å². The second-order valence-electron chi connectivity index (χ2n) is 9.44. The zero-order chi connectivity index (χ0) is 21.3. The highest BCUT2D eigenvalue weighted by atomic mass is 32.2. The first kappa shape index (κ1) is 22.1. The zero-order valence-electron chi connectivity index (χ0n) is 18.0. The van der Waals surface area contributed by atoms with Crippen molar-refractivity contribution in [2.45, 2.75) is 75.8 Å². The van der Waals surface area contributed by atoms with Crippen LogP contribution in [0.2, 0.25) is 18.1 Å². The summed E-state index contributed by atoms with van der Waals surface area (Å²) < 4.78 is 33.2. The summed E-state index contributed by atoms with van der Waals surface area (Å²) in [7, 11) is -5.25. The van der Waals surface area contributed by atoms with Crippen molar-refractivity contribution in [3.63, 3.8) is 0 Å². The van der Waals surface area contributed by atoms with E-state index in [1.165, 1.54) is 4.68 Å². The second kappa shape index (κ2) is 8.27. The molecule has 1 aliphatic carbocycles. The average molecular weight is 437 g/mol. The number of unbranched alkanes of at least 4 members (excludes halogenated alkanes) is 1. The Bertz CT molecular complexity index is 923. The number of nitrogens with zero attached hydrogens (tertiary/aromatic N) is 4. The summed E-state index contributed by atoms with van der Waals surface area (Å²) in [4.78, 5) is 0. The van der Waals surface area contributed by atoms with E-state index in [0.29, 0.717) is 24.1 Å². The third-order valence-electron chi connectivity index (χ3n) is 6.07. The number of benzene rings is 1. The molecule has 3 rings (SSSR count). The van der Waals surface area contributed by atoms with Crippen molar-refractivity contribution < 1.29 is 12.8 Å². The van der Waals surface area contributed by atoms with Crippen LogP contribution < -0.4 is 0 Å². The molecule has 1 fully saturated rings. The number of tetrazole rings is 1. The number of para-hydroxylation sites is 1. The van der Waals surface area contributed by atoms with E-state index in [1.54, 1.807) is 12.1 Å². The molecule has 2 aromatic rings. The summed E-state index contributed by atoms with van der Waals surface area (Å²) in [5, 5.41) is 11.3. The van der Waals surface area contributed by atoms with Gasteiger partial charge in [-0.2, -0.15) is 4.68 Å². The van der Waals surface area contributed by atoms with Crippen molar-refractivity contribution in [1.82, 2.24) is 20.2 Å². The van der Waals surface area contributed by atoms with Crippen LogP contribution in [0, 0.1) is 5.92 Å². The van der Waals surface area contributed by atoms with Gasteiger partial charge in [-0.15, -0.1) is 0 Å². The molecule has 160 valence electrons. The summed E-state index contributed by atoms with van der Waals surface area (Å²) in [6.07, 6.45) is 3.95. The van der Waals surface area contributed by atoms with E-state index in [0.717, 1.165) is 19.3 Å². The summed E-state index contributed by atoms with van der Waals surface area (Å²) in [6, 6.07) is 9.08. The van der Waals surface area contributed by atoms with Crippen LogP contribution in [0.3, 0.4) is 0 Å². The van der Waals surface area contributed by atoms with Crippen molar-refractivity contribution in [3.8, 4) is 5.69 Å². The maximum absolute atomic E-state index is 12.7. The van der Waals surface area contributed by atoms with Gasteiger partial charge in [-0.05, 0) is 65.9 Å². The maximum Gasteiger partial charge on any atom is 0.272 e. The Kier molecular flexibility index (Phi) is 6.31. The first-order valence-electron chi connectivity index (χ1n) is 10.3. The van der Waals surface area contributed by atoms with Crippen molar-refractivity contribution in [2.75, 3.05) is 5.75 Å². The highest BCUT2D eigenvalue weighted by Gasteiger charge is 2.46. The molecule has 0 radical (unpaired) electrons. The average Bonchev–Trinajstić information content (AvgIpc) is 3.16. The lowest BCUT2D eigenvalue weighted by Gasteiger charge is -2.36. The standard InChI is InChI=1S/C20H32N4O3SSi/c1-20(2,3)29(4,5)27-18-15-16(18)11-9-10-14-28(25,26)19-21-22-23-24(19)17-12-7-6-8-13-17/h6-8,12-13,16,18H,9-11,14-15H2,1-5H3/t16-,18-/m1/s1. The molecular weight excluding hydrogens is 404 g/mol. The Hall–Kier alpha value is -1.58. The Morgan fingerprint density at radius 3 is 2.52 bits per heavy atom. The number of hydrogen-bond acceptors (Lipinski definition) is 6. The molecule has 2 atom stereocenters. The molecule has 1 saturated carbocycles. The van der Waals surface area contributed by atoms with Gasteiger partial charge in [-0.25, -0.2) is 8.42 Å². The lowest BCUT2D eigenvalue weighted by Crippen LogP contribution is -2.41. The number of aromatic nitrogens is 4. The fourth-order valence-electron chi connectivity index (χ4n) is 3.12. The van der Waals surface area contributed by atoms with Crippen LogP contribution in [0.1, 0.15) is 46.5 Å². The van der Waals surface area contributed by atoms with Crippen LogP contribution in [0.5, 0.6) is 0 Å². The molecule has 0 aliphatic heterocycles. The number of hydrogen-bond donors (Lipinski definition) is 0. The normalized spacial score (nSPS) is 20.0. The van der Waals surface area contributed by atoms with Gasteiger partial charge in [0.1, 0.15) is 0 Å². The van der Waals surface area contributed by atoms with Crippen LogP contribution in [0.15, 0.2) is 35.5 Å². The molecule has 7 nitrogen and oxygen atoms in total. The van der Waals surface area contributed by atoms with E-state index in [2.05, 4.69) is 49.4 Å². The topological polar surface area (TPSA) is 87.0 Å². The Labute approximate surface area is 174 Å². The van der Waals surface area contributed by atoms with Gasteiger partial charge in [0.25, 0.3) is 5.16 Å². The summed E-state index contributed by atoms with van der Waals surface area (Å²) in [5.74, 6) is 0.627. The Morgan fingerprint density at radius 2 is 1.86 bits per heavy atom. The van der Waals surface area contributed by atoms with E-state index in [4.69, 9.17) is 4.43 Å². The third kappa shape index (κ3) is 5.32. The number of sulfone groups is 1. The molecule has 1 aromatic heterocycles. The molecule has 1 aromatic carbocycles. The molecule has 29 heavy (non-hydrogen) atoms. The van der Waals surface area contributed by atoms with E-state index in [9.17, 15) is 8.42 Å². The molecule has 0 unspecified atom stereocenters. The molecule has 0 bridgehead atoms. The predicted molar refractivity (Wildman–Crippen MR) is 115 cm³/mol. The highest BCUT2D eigenvalue weighted by Crippen LogP contribution is 2.45. The van der Waals surface area contributed by atoms with Crippen LogP contribution in [0.25, 0.3) is 5.69 Å². The first-order chi connectivity index (χ1) is 13.5. The lowest BCUT2D eigenvalue weighted by molar-refractivity contribution is 0.254. The van der Waals surface area contributed by atoms with Gasteiger partial charge in [0.15, 0.2) is 8.32 Å². The van der Waals surface area contributed by atoms with Gasteiger partial charge < -0.3 is 4.43 Å². The van der Waals surface area contributed by atoms with Crippen LogP contribution >= 0.6 is 0 Å². The molecule has 1 aliphatic rings. The van der Waals surface area contributed by atoms with Gasteiger partial charge >= 0.3 is 0 Å². The van der Waals surface area contributed by atoms with E-state index in [-0.39, 0.29) is 15.9 Å². The molecule has 0 amide bonds. The van der Waals surface area contributed by atoms with Crippen molar-refractivity contribution in [3.05, 3.63) is 30.3 Å². The molecular formula is C20H32N4O3SSi. The third-order valence-corrected chi connectivity index (χ3v) is 12.2. The number of rotatable bonds is 9. The van der Waals surface area contributed by atoms with Crippen LogP contribution in [-0.2, 0) is 14.3 Å². The highest BCUT2D eigenvalue weighted by molar-refractivity contribution is 7.91. The van der Waals surface area contributed by atoms with Gasteiger partial charge in [0.2, 0.25) is 9.84 Å². The Balaban J connectivity index is 1.48. The van der Waals surface area contributed by atoms with Crippen molar-refractivity contribution in [1.29, 1.82) is 0 Å². The van der Waals surface area contributed by atoms with Crippen LogP contribution in [-0.4, -0.2) is 48.8 Å². The van der Waals surface area contributed by atoms with E-state index in [1.807, 2.05) is 18.2 Å². The summed E-state index contributed by atoms with van der Waals surface area (Å²) >= 11 is 0. The molecule has 1 heterocycles.